The van der Waals surface area contributed by atoms with Gasteiger partial charge in [-0.2, -0.15) is 0 Å². The van der Waals surface area contributed by atoms with E-state index in [0.717, 1.165) is 0 Å². The van der Waals surface area contributed by atoms with Crippen LogP contribution in [0, 0.1) is 3.57 Å². The van der Waals surface area contributed by atoms with E-state index < -0.39 is 0 Å². The number of aryl methyl sites for hydroxylation is 1. The first-order chi connectivity index (χ1) is 9.74. The van der Waals surface area contributed by atoms with Crippen molar-refractivity contribution in [2.75, 3.05) is 0 Å². The number of rotatable bonds is 3. The van der Waals surface area contributed by atoms with E-state index in [1.165, 1.54) is 39.5 Å². The Morgan fingerprint density at radius 2 is 1.85 bits per heavy atom. The zero-order chi connectivity index (χ0) is 13.9. The minimum absolute atomic E-state index is 0.392. The summed E-state index contributed by atoms with van der Waals surface area (Å²) in [5.74, 6) is 0. The zero-order valence-electron chi connectivity index (χ0n) is 11.8. The molecule has 0 bridgehead atoms. The third-order valence-electron chi connectivity index (χ3n) is 4.19. The fraction of sp³-hybridized carbons (Fsp3) is 0.333. The van der Waals surface area contributed by atoms with Crippen molar-refractivity contribution in [3.63, 3.8) is 0 Å². The van der Waals surface area contributed by atoms with E-state index in [1.807, 2.05) is 0 Å². The van der Waals surface area contributed by atoms with E-state index in [-0.39, 0.29) is 0 Å². The van der Waals surface area contributed by atoms with Crippen LogP contribution in [-0.2, 0) is 6.42 Å². The van der Waals surface area contributed by atoms with Gasteiger partial charge in [-0.05, 0) is 77.6 Å². The maximum Gasteiger partial charge on any atom is 0.0328 e. The SMILES string of the molecule is CC(NC1CCCc2ccccc21)c1ccc(I)cc1. The second-order valence-corrected chi connectivity index (χ2v) is 6.83. The highest BCUT2D eigenvalue weighted by Crippen LogP contribution is 2.31. The maximum absolute atomic E-state index is 3.81. The van der Waals surface area contributed by atoms with Gasteiger partial charge in [0.25, 0.3) is 0 Å². The highest BCUT2D eigenvalue weighted by molar-refractivity contribution is 14.1. The van der Waals surface area contributed by atoms with Crippen LogP contribution in [0.25, 0.3) is 0 Å². The van der Waals surface area contributed by atoms with Crippen molar-refractivity contribution in [1.29, 1.82) is 0 Å². The van der Waals surface area contributed by atoms with Crippen LogP contribution in [0.15, 0.2) is 48.5 Å². The maximum atomic E-state index is 3.81. The molecular weight excluding hydrogens is 357 g/mol. The molecule has 104 valence electrons. The van der Waals surface area contributed by atoms with E-state index in [4.69, 9.17) is 0 Å². The van der Waals surface area contributed by atoms with Crippen LogP contribution in [0.3, 0.4) is 0 Å². The Balaban J connectivity index is 1.77. The molecular formula is C18H20IN. The van der Waals surface area contributed by atoms with Crippen LogP contribution in [0.1, 0.15) is 48.5 Å². The molecule has 2 unspecified atom stereocenters. The number of nitrogens with one attached hydrogen (secondary N) is 1. The third kappa shape index (κ3) is 3.07. The van der Waals surface area contributed by atoms with Crippen molar-refractivity contribution in [2.24, 2.45) is 0 Å². The second-order valence-electron chi connectivity index (χ2n) is 5.58. The smallest absolute Gasteiger partial charge is 0.0328 e. The van der Waals surface area contributed by atoms with Crippen molar-refractivity contribution in [3.05, 3.63) is 68.8 Å². The molecule has 0 saturated carbocycles. The summed E-state index contributed by atoms with van der Waals surface area (Å²) in [6.07, 6.45) is 3.76. The van der Waals surface area contributed by atoms with Crippen LogP contribution in [-0.4, -0.2) is 0 Å². The van der Waals surface area contributed by atoms with Gasteiger partial charge in [0.2, 0.25) is 0 Å². The molecule has 0 heterocycles. The molecule has 0 spiro atoms. The summed E-state index contributed by atoms with van der Waals surface area (Å²) >= 11 is 2.36. The van der Waals surface area contributed by atoms with Crippen molar-refractivity contribution in [3.8, 4) is 0 Å². The summed E-state index contributed by atoms with van der Waals surface area (Å²) in [6.45, 7) is 2.26. The molecule has 2 heteroatoms. The molecule has 1 aliphatic carbocycles. The number of halogens is 1. The highest BCUT2D eigenvalue weighted by atomic mass is 127. The summed E-state index contributed by atoms with van der Waals surface area (Å²) in [5.41, 5.74) is 4.38. The lowest BCUT2D eigenvalue weighted by Crippen LogP contribution is -2.27. The molecule has 1 N–H and O–H groups in total. The average molecular weight is 377 g/mol. The highest BCUT2D eigenvalue weighted by Gasteiger charge is 2.21. The van der Waals surface area contributed by atoms with Crippen LogP contribution in [0.5, 0.6) is 0 Å². The predicted molar refractivity (Wildman–Crippen MR) is 92.8 cm³/mol. The monoisotopic (exact) mass is 377 g/mol. The molecule has 0 aromatic heterocycles. The molecule has 0 amide bonds. The van der Waals surface area contributed by atoms with Crippen LogP contribution in [0.2, 0.25) is 0 Å². The van der Waals surface area contributed by atoms with Gasteiger partial charge < -0.3 is 5.32 Å². The van der Waals surface area contributed by atoms with Crippen molar-refractivity contribution >= 4 is 22.6 Å². The zero-order valence-corrected chi connectivity index (χ0v) is 13.9. The molecule has 0 radical (unpaired) electrons. The standard InChI is InChI=1S/C18H20IN/c1-13(14-9-11-16(19)12-10-14)20-18-8-4-6-15-5-2-3-7-17(15)18/h2-3,5,7,9-13,18,20H,4,6,8H2,1H3. The fourth-order valence-electron chi connectivity index (χ4n) is 3.08. The molecule has 0 saturated heterocycles. The van der Waals surface area contributed by atoms with Gasteiger partial charge >= 0.3 is 0 Å². The fourth-order valence-corrected chi connectivity index (χ4v) is 3.44. The minimum atomic E-state index is 0.392. The van der Waals surface area contributed by atoms with Crippen molar-refractivity contribution in [2.45, 2.75) is 38.3 Å². The molecule has 1 nitrogen and oxygen atoms in total. The topological polar surface area (TPSA) is 12.0 Å². The Kier molecular flexibility index (Phi) is 4.41. The quantitative estimate of drug-likeness (QED) is 0.741. The van der Waals surface area contributed by atoms with Gasteiger partial charge in [-0.15, -0.1) is 0 Å². The average Bonchev–Trinajstić information content (AvgIpc) is 2.48. The Morgan fingerprint density at radius 1 is 1.10 bits per heavy atom. The first-order valence-electron chi connectivity index (χ1n) is 7.33. The molecule has 2 aromatic rings. The molecule has 2 atom stereocenters. The van der Waals surface area contributed by atoms with E-state index >= 15 is 0 Å². The second kappa shape index (κ2) is 6.27. The Labute approximate surface area is 134 Å². The lowest BCUT2D eigenvalue weighted by Gasteiger charge is -2.29. The number of hydrogen-bond acceptors (Lipinski definition) is 1. The summed E-state index contributed by atoms with van der Waals surface area (Å²) < 4.78 is 1.29. The molecule has 1 aliphatic rings. The van der Waals surface area contributed by atoms with E-state index in [0.29, 0.717) is 12.1 Å². The van der Waals surface area contributed by atoms with Gasteiger partial charge in [0.05, 0.1) is 0 Å². The first kappa shape index (κ1) is 14.1. The molecule has 0 aliphatic heterocycles. The van der Waals surface area contributed by atoms with Crippen LogP contribution < -0.4 is 5.32 Å². The van der Waals surface area contributed by atoms with E-state index in [2.05, 4.69) is 83.4 Å². The van der Waals surface area contributed by atoms with Gasteiger partial charge in [0.1, 0.15) is 0 Å². The van der Waals surface area contributed by atoms with Gasteiger partial charge in [0, 0.05) is 15.7 Å². The van der Waals surface area contributed by atoms with E-state index in [9.17, 15) is 0 Å². The van der Waals surface area contributed by atoms with Gasteiger partial charge in [-0.3, -0.25) is 0 Å². The van der Waals surface area contributed by atoms with Crippen molar-refractivity contribution in [1.82, 2.24) is 5.32 Å². The molecule has 20 heavy (non-hydrogen) atoms. The molecule has 0 fully saturated rings. The van der Waals surface area contributed by atoms with Gasteiger partial charge in [0.15, 0.2) is 0 Å². The lowest BCUT2D eigenvalue weighted by atomic mass is 9.87. The normalized spacial score (nSPS) is 19.4. The van der Waals surface area contributed by atoms with Crippen molar-refractivity contribution < 1.29 is 0 Å². The third-order valence-corrected chi connectivity index (χ3v) is 4.91. The van der Waals surface area contributed by atoms with Crippen LogP contribution in [0.4, 0.5) is 0 Å². The summed E-state index contributed by atoms with van der Waals surface area (Å²) in [6, 6.07) is 18.6. The largest absolute Gasteiger partial charge is 0.303 e. The summed E-state index contributed by atoms with van der Waals surface area (Å²) in [7, 11) is 0. The Hall–Kier alpha value is -0.870. The number of hydrogen-bond donors (Lipinski definition) is 1. The Bertz CT molecular complexity index is 576. The molecule has 3 rings (SSSR count). The van der Waals surface area contributed by atoms with E-state index in [1.54, 1.807) is 0 Å². The number of benzene rings is 2. The summed E-state index contributed by atoms with van der Waals surface area (Å²) in [4.78, 5) is 0. The summed E-state index contributed by atoms with van der Waals surface area (Å²) in [5, 5.41) is 3.81. The number of fused-ring (bicyclic) bond motifs is 1. The first-order valence-corrected chi connectivity index (χ1v) is 8.41. The van der Waals surface area contributed by atoms with Gasteiger partial charge in [-0.1, -0.05) is 36.4 Å². The Morgan fingerprint density at radius 3 is 2.65 bits per heavy atom. The molecule has 2 aromatic carbocycles. The lowest BCUT2D eigenvalue weighted by molar-refractivity contribution is 0.415. The van der Waals surface area contributed by atoms with Gasteiger partial charge in [-0.25, -0.2) is 0 Å². The minimum Gasteiger partial charge on any atom is -0.303 e. The predicted octanol–water partition coefficient (Wildman–Crippen LogP) is 5.02. The van der Waals surface area contributed by atoms with Crippen LogP contribution >= 0.6 is 22.6 Å².